The smallest absolute Gasteiger partial charge is 0.216 e. The number of aromatic nitrogens is 1. The molecule has 2 aromatic heterocycles. The Hall–Kier alpha value is -3.90. The number of pyridine rings is 1. The molecule has 5 rings (SSSR count). The van der Waals surface area contributed by atoms with Crippen molar-refractivity contribution in [3.8, 4) is 28.5 Å². The molecule has 5 aromatic rings. The SMILES string of the molecule is [2H]c1c(C([2H])([2H])C(C)C)c([2H])c(-c2c(C)ccc3c2oc2cc(-c4ccccc4)cc(C#N)c23)[n+](C)c1C. The number of benzene rings is 3. The summed E-state index contributed by atoms with van der Waals surface area (Å²) < 4.78 is 43.6. The fraction of sp³-hybridized carbons (Fsp3) is 0.226. The molecule has 0 amide bonds. The third-order valence-electron chi connectivity index (χ3n) is 6.23. The van der Waals surface area contributed by atoms with E-state index in [4.69, 9.17) is 9.90 Å². The van der Waals surface area contributed by atoms with Crippen molar-refractivity contribution in [3.63, 3.8) is 0 Å². The van der Waals surface area contributed by atoms with Crippen molar-refractivity contribution in [2.75, 3.05) is 0 Å². The van der Waals surface area contributed by atoms with E-state index in [1.165, 1.54) is 0 Å². The van der Waals surface area contributed by atoms with Crippen molar-refractivity contribution < 1.29 is 14.5 Å². The van der Waals surface area contributed by atoms with Crippen molar-refractivity contribution in [2.24, 2.45) is 13.0 Å². The van der Waals surface area contributed by atoms with Gasteiger partial charge in [-0.05, 0) is 53.6 Å². The molecule has 3 heteroatoms. The first-order valence-electron chi connectivity index (χ1n) is 13.4. The Morgan fingerprint density at radius 1 is 1.06 bits per heavy atom. The van der Waals surface area contributed by atoms with E-state index in [1.54, 1.807) is 32.4 Å². The van der Waals surface area contributed by atoms with Gasteiger partial charge in [-0.15, -0.1) is 0 Å². The van der Waals surface area contributed by atoms with Crippen LogP contribution in [0.15, 0.2) is 71.1 Å². The van der Waals surface area contributed by atoms with Crippen molar-refractivity contribution >= 4 is 21.9 Å². The Kier molecular flexibility index (Phi) is 4.37. The molecule has 0 N–H and O–H groups in total. The second kappa shape index (κ2) is 8.47. The summed E-state index contributed by atoms with van der Waals surface area (Å²) in [6, 6.07) is 19.9. The minimum Gasteiger partial charge on any atom is -0.455 e. The molecule has 2 heterocycles. The maximum Gasteiger partial charge on any atom is 0.216 e. The van der Waals surface area contributed by atoms with Crippen LogP contribution in [-0.4, -0.2) is 0 Å². The molecule has 0 aliphatic carbocycles. The van der Waals surface area contributed by atoms with Gasteiger partial charge in [-0.25, -0.2) is 0 Å². The molecule has 0 aliphatic heterocycles. The van der Waals surface area contributed by atoms with Crippen LogP contribution in [0.5, 0.6) is 0 Å². The molecular weight excluding hydrogens is 416 g/mol. The molecule has 0 unspecified atom stereocenters. The first-order chi connectivity index (χ1) is 18.0. The number of hydrogen-bond donors (Lipinski definition) is 0. The highest BCUT2D eigenvalue weighted by Gasteiger charge is 2.24. The quantitative estimate of drug-likeness (QED) is 0.268. The molecule has 0 fully saturated rings. The third-order valence-corrected chi connectivity index (χ3v) is 6.23. The maximum atomic E-state index is 10.1. The Morgan fingerprint density at radius 2 is 1.82 bits per heavy atom. The lowest BCUT2D eigenvalue weighted by Crippen LogP contribution is -2.35. The molecular formula is C31H29N2O+. The number of nitriles is 1. The number of hydrogen-bond acceptors (Lipinski definition) is 2. The fourth-order valence-corrected chi connectivity index (χ4v) is 4.50. The summed E-state index contributed by atoms with van der Waals surface area (Å²) in [6.45, 7) is 7.24. The summed E-state index contributed by atoms with van der Waals surface area (Å²) in [5.41, 5.74) is 6.12. The summed E-state index contributed by atoms with van der Waals surface area (Å²) in [4.78, 5) is 0. The number of fused-ring (bicyclic) bond motifs is 3. The van der Waals surface area contributed by atoms with Gasteiger partial charge in [0.2, 0.25) is 5.69 Å². The summed E-state index contributed by atoms with van der Waals surface area (Å²) in [6.07, 6.45) is -1.86. The van der Waals surface area contributed by atoms with Gasteiger partial charge in [-0.1, -0.05) is 56.3 Å². The number of furan rings is 1. The van der Waals surface area contributed by atoms with Gasteiger partial charge in [-0.2, -0.15) is 9.83 Å². The van der Waals surface area contributed by atoms with Gasteiger partial charge >= 0.3 is 0 Å². The molecule has 0 spiro atoms. The molecule has 34 heavy (non-hydrogen) atoms. The van der Waals surface area contributed by atoms with Crippen LogP contribution < -0.4 is 4.57 Å². The molecule has 0 bridgehead atoms. The summed E-state index contributed by atoms with van der Waals surface area (Å²) in [5.74, 6) is -0.423. The third kappa shape index (κ3) is 3.66. The van der Waals surface area contributed by atoms with Gasteiger partial charge in [-0.3, -0.25) is 0 Å². The van der Waals surface area contributed by atoms with Crippen LogP contribution in [0.3, 0.4) is 0 Å². The van der Waals surface area contributed by atoms with E-state index in [1.807, 2.05) is 61.5 Å². The zero-order chi connectivity index (χ0) is 27.5. The van der Waals surface area contributed by atoms with Crippen molar-refractivity contribution in [2.45, 2.75) is 34.1 Å². The highest BCUT2D eigenvalue weighted by atomic mass is 16.3. The lowest BCUT2D eigenvalue weighted by molar-refractivity contribution is -0.666. The topological polar surface area (TPSA) is 40.8 Å². The molecule has 168 valence electrons. The van der Waals surface area contributed by atoms with Crippen LogP contribution in [0.2, 0.25) is 0 Å². The van der Waals surface area contributed by atoms with E-state index in [0.717, 1.165) is 22.1 Å². The lowest BCUT2D eigenvalue weighted by Gasteiger charge is -2.11. The standard InChI is InChI=1S/C31H29N2O/c1-19(2)13-22-14-21(4)33(5)27(15-22)29-20(3)11-12-26-30-25(18-32)16-24(17-28(30)34-31(26)29)23-9-7-6-8-10-23/h6-12,14-17,19H,13H2,1-5H3/q+1/i13D2,14D,15D. The van der Waals surface area contributed by atoms with Crippen LogP contribution in [-0.2, 0) is 13.4 Å². The minimum absolute atomic E-state index is 0.0247. The molecule has 0 aliphatic rings. The van der Waals surface area contributed by atoms with E-state index >= 15 is 0 Å². The summed E-state index contributed by atoms with van der Waals surface area (Å²) in [7, 11) is 1.80. The van der Waals surface area contributed by atoms with Gasteiger partial charge < -0.3 is 4.42 Å². The summed E-state index contributed by atoms with van der Waals surface area (Å²) >= 11 is 0. The Balaban J connectivity index is 1.90. The predicted octanol–water partition coefficient (Wildman–Crippen LogP) is 7.43. The minimum atomic E-state index is -1.86. The van der Waals surface area contributed by atoms with E-state index in [0.29, 0.717) is 39.1 Å². The Bertz CT molecular complexity index is 1780. The van der Waals surface area contributed by atoms with Crippen LogP contribution in [0, 0.1) is 31.1 Å². The van der Waals surface area contributed by atoms with Crippen LogP contribution in [0.1, 0.15) is 41.7 Å². The van der Waals surface area contributed by atoms with Crippen LogP contribution in [0.4, 0.5) is 0 Å². The molecule has 0 radical (unpaired) electrons. The van der Waals surface area contributed by atoms with E-state index in [2.05, 4.69) is 6.07 Å². The second-order valence-electron chi connectivity index (χ2n) is 9.03. The van der Waals surface area contributed by atoms with Gasteiger partial charge in [0.25, 0.3) is 0 Å². The number of nitrogens with zero attached hydrogens (tertiary/aromatic N) is 2. The van der Waals surface area contributed by atoms with E-state index in [-0.39, 0.29) is 17.6 Å². The van der Waals surface area contributed by atoms with E-state index in [9.17, 15) is 5.26 Å². The zero-order valence-electron chi connectivity index (χ0n) is 24.1. The lowest BCUT2D eigenvalue weighted by atomic mass is 9.95. The van der Waals surface area contributed by atoms with Crippen LogP contribution >= 0.6 is 0 Å². The van der Waals surface area contributed by atoms with Crippen molar-refractivity contribution in [3.05, 3.63) is 89.1 Å². The molecule has 3 nitrogen and oxygen atoms in total. The Labute approximate surface area is 206 Å². The number of rotatable bonds is 4. The summed E-state index contributed by atoms with van der Waals surface area (Å²) in [5, 5.41) is 11.5. The molecule has 0 saturated carbocycles. The van der Waals surface area contributed by atoms with Gasteiger partial charge in [0.1, 0.15) is 18.2 Å². The number of aryl methyl sites for hydroxylation is 1. The molecule has 3 aromatic carbocycles. The normalized spacial score (nSPS) is 13.6. The molecule has 0 saturated heterocycles. The maximum absolute atomic E-state index is 10.1. The van der Waals surface area contributed by atoms with Gasteiger partial charge in [0.05, 0.1) is 19.9 Å². The van der Waals surface area contributed by atoms with Gasteiger partial charge in [0, 0.05) is 32.5 Å². The van der Waals surface area contributed by atoms with E-state index < -0.39 is 12.3 Å². The Morgan fingerprint density at radius 3 is 2.53 bits per heavy atom. The first-order valence-corrected chi connectivity index (χ1v) is 11.4. The van der Waals surface area contributed by atoms with Gasteiger partial charge in [0.15, 0.2) is 5.69 Å². The van der Waals surface area contributed by atoms with Crippen molar-refractivity contribution in [1.29, 1.82) is 5.26 Å². The predicted molar refractivity (Wildman–Crippen MR) is 138 cm³/mol. The first kappa shape index (κ1) is 17.6. The highest BCUT2D eigenvalue weighted by Crippen LogP contribution is 2.40. The average molecular weight is 450 g/mol. The van der Waals surface area contributed by atoms with Crippen molar-refractivity contribution in [1.82, 2.24) is 0 Å². The monoisotopic (exact) mass is 449 g/mol. The van der Waals surface area contributed by atoms with Crippen LogP contribution in [0.25, 0.3) is 44.3 Å². The second-order valence-corrected chi connectivity index (χ2v) is 9.03. The average Bonchev–Trinajstić information content (AvgIpc) is 3.27. The highest BCUT2D eigenvalue weighted by molar-refractivity contribution is 6.12. The fourth-order valence-electron chi connectivity index (χ4n) is 4.50. The largest absolute Gasteiger partial charge is 0.455 e. The zero-order valence-corrected chi connectivity index (χ0v) is 20.1. The molecule has 0 atom stereocenters.